The SMILES string of the molecule is COC(=O)c1ncn2c1C(=O)N(Cc1cccc(Br)c1)[C@@](C)(C(=O)NC1CCCC1)C2. The average molecular weight is 489 g/mol. The van der Waals surface area contributed by atoms with Gasteiger partial charge in [-0.05, 0) is 37.5 Å². The van der Waals surface area contributed by atoms with E-state index in [9.17, 15) is 14.4 Å². The quantitative estimate of drug-likeness (QED) is 0.653. The third kappa shape index (κ3) is 3.98. The molecule has 4 rings (SSSR count). The molecular formula is C22H25BrN4O4. The van der Waals surface area contributed by atoms with Crippen LogP contribution in [0.1, 0.15) is 59.1 Å². The van der Waals surface area contributed by atoms with E-state index in [0.717, 1.165) is 35.7 Å². The summed E-state index contributed by atoms with van der Waals surface area (Å²) in [5.74, 6) is -1.29. The maximum absolute atomic E-state index is 13.6. The minimum atomic E-state index is -1.14. The molecule has 1 fully saturated rings. The van der Waals surface area contributed by atoms with E-state index in [0.29, 0.717) is 0 Å². The van der Waals surface area contributed by atoms with Crippen molar-refractivity contribution in [3.05, 3.63) is 52.0 Å². The van der Waals surface area contributed by atoms with Crippen molar-refractivity contribution in [3.63, 3.8) is 0 Å². The van der Waals surface area contributed by atoms with E-state index < -0.39 is 17.4 Å². The fourth-order valence-corrected chi connectivity index (χ4v) is 4.86. The zero-order valence-electron chi connectivity index (χ0n) is 17.6. The van der Waals surface area contributed by atoms with E-state index in [4.69, 9.17) is 4.74 Å². The molecule has 0 unspecified atom stereocenters. The zero-order chi connectivity index (χ0) is 22.2. The second-order valence-corrected chi connectivity index (χ2v) is 9.23. The first-order valence-corrected chi connectivity index (χ1v) is 11.1. The van der Waals surface area contributed by atoms with Gasteiger partial charge in [-0.3, -0.25) is 9.59 Å². The predicted molar refractivity (Wildman–Crippen MR) is 116 cm³/mol. The number of hydrogen-bond donors (Lipinski definition) is 1. The summed E-state index contributed by atoms with van der Waals surface area (Å²) >= 11 is 3.46. The maximum Gasteiger partial charge on any atom is 0.359 e. The van der Waals surface area contributed by atoms with E-state index in [1.54, 1.807) is 16.4 Å². The number of hydrogen-bond acceptors (Lipinski definition) is 5. The number of imidazole rings is 1. The van der Waals surface area contributed by atoms with Crippen LogP contribution in [0.2, 0.25) is 0 Å². The fourth-order valence-electron chi connectivity index (χ4n) is 4.41. The van der Waals surface area contributed by atoms with Gasteiger partial charge >= 0.3 is 5.97 Å². The molecule has 2 aromatic rings. The van der Waals surface area contributed by atoms with Crippen LogP contribution in [-0.2, 0) is 22.6 Å². The Morgan fingerprint density at radius 2 is 2.06 bits per heavy atom. The number of aromatic nitrogens is 2. The number of nitrogens with one attached hydrogen (secondary N) is 1. The summed E-state index contributed by atoms with van der Waals surface area (Å²) in [6.45, 7) is 2.19. The van der Waals surface area contributed by atoms with Crippen molar-refractivity contribution in [3.8, 4) is 0 Å². The van der Waals surface area contributed by atoms with Crippen LogP contribution in [0.25, 0.3) is 0 Å². The van der Waals surface area contributed by atoms with Gasteiger partial charge in [-0.15, -0.1) is 0 Å². The molecule has 31 heavy (non-hydrogen) atoms. The summed E-state index contributed by atoms with van der Waals surface area (Å²) in [4.78, 5) is 44.9. The lowest BCUT2D eigenvalue weighted by Gasteiger charge is -2.44. The molecule has 0 radical (unpaired) electrons. The van der Waals surface area contributed by atoms with E-state index in [2.05, 4.69) is 26.2 Å². The smallest absolute Gasteiger partial charge is 0.359 e. The zero-order valence-corrected chi connectivity index (χ0v) is 19.1. The second kappa shape index (κ2) is 8.45. The minimum absolute atomic E-state index is 0.0370. The number of nitrogens with zero attached hydrogens (tertiary/aromatic N) is 3. The van der Waals surface area contributed by atoms with E-state index in [-0.39, 0.29) is 36.4 Å². The molecule has 0 saturated heterocycles. The Bertz CT molecular complexity index is 1030. The van der Waals surface area contributed by atoms with Gasteiger partial charge in [0.15, 0.2) is 5.69 Å². The topological polar surface area (TPSA) is 93.5 Å². The van der Waals surface area contributed by atoms with Crippen LogP contribution < -0.4 is 5.32 Å². The number of carbonyl (C=O) groups excluding carboxylic acids is 3. The highest BCUT2D eigenvalue weighted by Gasteiger charge is 2.49. The lowest BCUT2D eigenvalue weighted by atomic mass is 9.93. The Morgan fingerprint density at radius 1 is 1.32 bits per heavy atom. The van der Waals surface area contributed by atoms with Crippen molar-refractivity contribution in [2.45, 2.75) is 57.3 Å². The van der Waals surface area contributed by atoms with Crippen LogP contribution in [-0.4, -0.2) is 50.9 Å². The number of ether oxygens (including phenoxy) is 1. The van der Waals surface area contributed by atoms with Crippen molar-refractivity contribution in [2.75, 3.05) is 7.11 Å². The molecule has 2 heterocycles. The number of rotatable bonds is 5. The first-order valence-electron chi connectivity index (χ1n) is 10.3. The molecule has 2 amide bonds. The monoisotopic (exact) mass is 488 g/mol. The van der Waals surface area contributed by atoms with Crippen molar-refractivity contribution < 1.29 is 19.1 Å². The molecule has 164 valence electrons. The lowest BCUT2D eigenvalue weighted by molar-refractivity contribution is -0.134. The first kappa shape index (κ1) is 21.5. The van der Waals surface area contributed by atoms with Gasteiger partial charge in [0.1, 0.15) is 11.2 Å². The normalized spacial score (nSPS) is 21.1. The van der Waals surface area contributed by atoms with Gasteiger partial charge in [0.2, 0.25) is 5.91 Å². The Kier molecular flexibility index (Phi) is 5.88. The minimum Gasteiger partial charge on any atom is -0.464 e. The molecule has 2 aliphatic rings. The fraction of sp³-hybridized carbons (Fsp3) is 0.455. The Morgan fingerprint density at radius 3 is 2.74 bits per heavy atom. The molecule has 1 atom stereocenters. The number of halogens is 1. The highest BCUT2D eigenvalue weighted by molar-refractivity contribution is 9.10. The summed E-state index contributed by atoms with van der Waals surface area (Å²) in [6.07, 6.45) is 5.51. The predicted octanol–water partition coefficient (Wildman–Crippen LogP) is 2.91. The number of methoxy groups -OCH3 is 1. The van der Waals surface area contributed by atoms with Crippen molar-refractivity contribution in [2.24, 2.45) is 0 Å². The van der Waals surface area contributed by atoms with Gasteiger partial charge in [0, 0.05) is 17.1 Å². The third-order valence-electron chi connectivity index (χ3n) is 6.15. The molecule has 1 saturated carbocycles. The van der Waals surface area contributed by atoms with Crippen LogP contribution in [0.4, 0.5) is 0 Å². The van der Waals surface area contributed by atoms with E-state index >= 15 is 0 Å². The highest BCUT2D eigenvalue weighted by atomic mass is 79.9. The van der Waals surface area contributed by atoms with Crippen molar-refractivity contribution in [1.82, 2.24) is 19.8 Å². The Balaban J connectivity index is 1.73. The lowest BCUT2D eigenvalue weighted by Crippen LogP contribution is -2.64. The van der Waals surface area contributed by atoms with Crippen LogP contribution in [0.5, 0.6) is 0 Å². The Hall–Kier alpha value is -2.68. The van der Waals surface area contributed by atoms with E-state index in [1.165, 1.54) is 13.4 Å². The summed E-state index contributed by atoms with van der Waals surface area (Å²) < 4.78 is 7.26. The molecule has 8 nitrogen and oxygen atoms in total. The van der Waals surface area contributed by atoms with Crippen LogP contribution in [0.15, 0.2) is 35.1 Å². The van der Waals surface area contributed by atoms with Gasteiger partial charge in [-0.2, -0.15) is 0 Å². The number of benzene rings is 1. The van der Waals surface area contributed by atoms with Gasteiger partial charge in [-0.1, -0.05) is 40.9 Å². The second-order valence-electron chi connectivity index (χ2n) is 8.31. The number of carbonyl (C=O) groups is 3. The summed E-state index contributed by atoms with van der Waals surface area (Å²) in [6, 6.07) is 7.73. The van der Waals surface area contributed by atoms with Crippen LogP contribution >= 0.6 is 15.9 Å². The van der Waals surface area contributed by atoms with Crippen LogP contribution in [0, 0.1) is 0 Å². The standard InChI is InChI=1S/C22H25BrN4O4/c1-22(21(30)25-16-8-3-4-9-16)12-26-13-24-17(20(29)31-2)18(26)19(28)27(22)11-14-6-5-7-15(23)10-14/h5-7,10,13,16H,3-4,8-9,11-12H2,1-2H3,(H,25,30)/t22-/m1/s1. The molecule has 0 spiro atoms. The van der Waals surface area contributed by atoms with Gasteiger partial charge in [0.05, 0.1) is 20.0 Å². The largest absolute Gasteiger partial charge is 0.464 e. The molecule has 1 aliphatic carbocycles. The van der Waals surface area contributed by atoms with Gasteiger partial charge < -0.3 is 19.5 Å². The van der Waals surface area contributed by atoms with Gasteiger partial charge in [0.25, 0.3) is 5.91 Å². The number of esters is 1. The summed E-state index contributed by atoms with van der Waals surface area (Å²) in [5, 5.41) is 3.14. The molecule has 1 aromatic heterocycles. The molecule has 1 aromatic carbocycles. The highest BCUT2D eigenvalue weighted by Crippen LogP contribution is 2.32. The van der Waals surface area contributed by atoms with Crippen molar-refractivity contribution in [1.29, 1.82) is 0 Å². The molecule has 0 bridgehead atoms. The average Bonchev–Trinajstić information content (AvgIpc) is 3.40. The summed E-state index contributed by atoms with van der Waals surface area (Å²) in [7, 11) is 1.25. The first-order chi connectivity index (χ1) is 14.8. The maximum atomic E-state index is 13.6. The number of amides is 2. The van der Waals surface area contributed by atoms with Gasteiger partial charge in [-0.25, -0.2) is 9.78 Å². The molecule has 1 N–H and O–H groups in total. The Labute approximate surface area is 189 Å². The molecule has 9 heteroatoms. The number of fused-ring (bicyclic) bond motifs is 1. The third-order valence-corrected chi connectivity index (χ3v) is 6.64. The van der Waals surface area contributed by atoms with E-state index in [1.807, 2.05) is 24.3 Å². The molecular weight excluding hydrogens is 464 g/mol. The summed E-state index contributed by atoms with van der Waals surface area (Å²) in [5.41, 5.74) is -0.156. The van der Waals surface area contributed by atoms with Crippen molar-refractivity contribution >= 4 is 33.7 Å². The molecule has 1 aliphatic heterocycles. The van der Waals surface area contributed by atoms with Crippen LogP contribution in [0.3, 0.4) is 0 Å².